The molecule has 0 bridgehead atoms. The number of aromatic nitrogens is 2. The zero-order valence-electron chi connectivity index (χ0n) is 26.7. The van der Waals surface area contributed by atoms with E-state index in [0.717, 1.165) is 65.5 Å². The Morgan fingerprint density at radius 2 is 1.14 bits per heavy atom. The molecular formula is C46H26N2OS. The number of benzene rings is 8. The quantitative estimate of drug-likeness (QED) is 0.178. The highest BCUT2D eigenvalue weighted by Crippen LogP contribution is 2.45. The molecular weight excluding hydrogens is 629 g/mol. The van der Waals surface area contributed by atoms with Gasteiger partial charge in [0, 0.05) is 32.0 Å². The number of rotatable bonds is 3. The lowest BCUT2D eigenvalue weighted by Crippen LogP contribution is -1.95. The van der Waals surface area contributed by atoms with Crippen LogP contribution in [0.2, 0.25) is 0 Å². The van der Waals surface area contributed by atoms with Crippen LogP contribution in [-0.2, 0) is 0 Å². The molecule has 11 rings (SSSR count). The molecule has 11 aromatic rings. The maximum Gasteiger partial charge on any atom is 0.161 e. The maximum atomic E-state index is 6.63. The summed E-state index contributed by atoms with van der Waals surface area (Å²) in [5.74, 6) is 0.688. The monoisotopic (exact) mass is 654 g/mol. The lowest BCUT2D eigenvalue weighted by molar-refractivity contribution is 0.669. The SMILES string of the molecule is c1ccc2cc(-c3nc(-c4cc(-c5cc6ccccc6c6ccccc56)cc5oc6ccccc6c45)nc4c3sc3ccccc34)ccc2c1. The molecule has 232 valence electrons. The van der Waals surface area contributed by atoms with Crippen LogP contribution in [-0.4, -0.2) is 9.97 Å². The molecule has 0 spiro atoms. The number of furan rings is 1. The average Bonchev–Trinajstić information content (AvgIpc) is 3.75. The normalized spacial score (nSPS) is 12.0. The highest BCUT2D eigenvalue weighted by molar-refractivity contribution is 7.26. The molecule has 0 aliphatic rings. The summed E-state index contributed by atoms with van der Waals surface area (Å²) in [5, 5.41) is 10.5. The van der Waals surface area contributed by atoms with Gasteiger partial charge in [0.1, 0.15) is 11.2 Å². The molecule has 0 amide bonds. The molecule has 0 N–H and O–H groups in total. The second-order valence-corrected chi connectivity index (χ2v) is 14.0. The largest absolute Gasteiger partial charge is 0.456 e. The van der Waals surface area contributed by atoms with Crippen LogP contribution < -0.4 is 0 Å². The van der Waals surface area contributed by atoms with E-state index in [2.05, 4.69) is 146 Å². The highest BCUT2D eigenvalue weighted by Gasteiger charge is 2.22. The second kappa shape index (κ2) is 10.6. The van der Waals surface area contributed by atoms with Crippen LogP contribution in [0.1, 0.15) is 0 Å². The van der Waals surface area contributed by atoms with E-state index in [1.165, 1.54) is 37.0 Å². The number of nitrogens with zero attached hydrogens (tertiary/aromatic N) is 2. The fraction of sp³-hybridized carbons (Fsp3) is 0. The van der Waals surface area contributed by atoms with E-state index in [4.69, 9.17) is 14.4 Å². The van der Waals surface area contributed by atoms with Crippen molar-refractivity contribution in [2.75, 3.05) is 0 Å². The van der Waals surface area contributed by atoms with E-state index in [1.54, 1.807) is 11.3 Å². The number of hydrogen-bond acceptors (Lipinski definition) is 4. The first-order chi connectivity index (χ1) is 24.8. The van der Waals surface area contributed by atoms with Gasteiger partial charge in [-0.25, -0.2) is 9.97 Å². The standard InChI is InChI=1S/C46H26N2OS/c1-2-12-28-23-30(22-21-27(28)11-1)43-45-44(36-18-8-10-20-41(36)50-45)48-46(47-43)38-25-31(26-40-42(38)35-17-7-9-19-39(35)49-40)37-24-29-13-3-4-14-32(29)33-15-5-6-16-34(33)37/h1-26H. The van der Waals surface area contributed by atoms with Gasteiger partial charge in [-0.05, 0) is 79.8 Å². The number of fused-ring (bicyclic) bond motifs is 10. The molecule has 3 heterocycles. The number of thiophene rings is 1. The van der Waals surface area contributed by atoms with Crippen molar-refractivity contribution < 1.29 is 4.42 Å². The number of hydrogen-bond donors (Lipinski definition) is 0. The summed E-state index contributed by atoms with van der Waals surface area (Å²) in [4.78, 5) is 10.9. The fourth-order valence-corrected chi connectivity index (χ4v) is 8.88. The van der Waals surface area contributed by atoms with Crippen LogP contribution in [0.15, 0.2) is 162 Å². The van der Waals surface area contributed by atoms with Crippen LogP contribution >= 0.6 is 11.3 Å². The van der Waals surface area contributed by atoms with Gasteiger partial charge in [-0.3, -0.25) is 0 Å². The molecule has 0 unspecified atom stereocenters. The Labute approximate surface area is 290 Å². The van der Waals surface area contributed by atoms with Crippen LogP contribution in [0, 0.1) is 0 Å². The summed E-state index contributed by atoms with van der Waals surface area (Å²) in [5.41, 5.74) is 7.84. The van der Waals surface area contributed by atoms with Gasteiger partial charge < -0.3 is 4.42 Å². The van der Waals surface area contributed by atoms with Gasteiger partial charge in [0.05, 0.1) is 15.9 Å². The van der Waals surface area contributed by atoms with Crippen molar-refractivity contribution in [2.24, 2.45) is 0 Å². The van der Waals surface area contributed by atoms with Crippen molar-refractivity contribution in [2.45, 2.75) is 0 Å². The third-order valence-electron chi connectivity index (χ3n) is 10.0. The lowest BCUT2D eigenvalue weighted by Gasteiger charge is -2.13. The Hall–Kier alpha value is -6.36. The van der Waals surface area contributed by atoms with Crippen LogP contribution in [0.3, 0.4) is 0 Å². The molecule has 0 saturated carbocycles. The Morgan fingerprint density at radius 3 is 2.02 bits per heavy atom. The van der Waals surface area contributed by atoms with Gasteiger partial charge >= 0.3 is 0 Å². The first-order valence-corrected chi connectivity index (χ1v) is 17.6. The van der Waals surface area contributed by atoms with Gasteiger partial charge in [0.25, 0.3) is 0 Å². The van der Waals surface area contributed by atoms with E-state index < -0.39 is 0 Å². The third-order valence-corrected chi connectivity index (χ3v) is 11.2. The predicted octanol–water partition coefficient (Wildman–Crippen LogP) is 13.2. The van der Waals surface area contributed by atoms with Gasteiger partial charge in [0.2, 0.25) is 0 Å². The van der Waals surface area contributed by atoms with Gasteiger partial charge in [-0.2, -0.15) is 0 Å². The first kappa shape index (κ1) is 27.6. The Bertz CT molecular complexity index is 3170. The summed E-state index contributed by atoms with van der Waals surface area (Å²) >= 11 is 1.76. The van der Waals surface area contributed by atoms with E-state index in [-0.39, 0.29) is 0 Å². The minimum Gasteiger partial charge on any atom is -0.456 e. The van der Waals surface area contributed by atoms with Crippen molar-refractivity contribution in [3.05, 3.63) is 158 Å². The van der Waals surface area contributed by atoms with Gasteiger partial charge in [-0.1, -0.05) is 121 Å². The van der Waals surface area contributed by atoms with E-state index in [0.29, 0.717) is 5.82 Å². The first-order valence-electron chi connectivity index (χ1n) is 16.8. The highest BCUT2D eigenvalue weighted by atomic mass is 32.1. The van der Waals surface area contributed by atoms with Crippen molar-refractivity contribution >= 4 is 85.9 Å². The zero-order chi connectivity index (χ0) is 32.8. The summed E-state index contributed by atoms with van der Waals surface area (Å²) in [6, 6.07) is 56.1. The topological polar surface area (TPSA) is 38.9 Å². The predicted molar refractivity (Wildman–Crippen MR) is 211 cm³/mol. The molecule has 8 aromatic carbocycles. The smallest absolute Gasteiger partial charge is 0.161 e. The molecule has 50 heavy (non-hydrogen) atoms. The molecule has 3 aromatic heterocycles. The third kappa shape index (κ3) is 4.09. The van der Waals surface area contributed by atoms with Crippen molar-refractivity contribution in [3.8, 4) is 33.8 Å². The average molecular weight is 655 g/mol. The van der Waals surface area contributed by atoms with E-state index in [1.807, 2.05) is 12.1 Å². The molecule has 4 heteroatoms. The van der Waals surface area contributed by atoms with Gasteiger partial charge in [0.15, 0.2) is 5.82 Å². The molecule has 3 nitrogen and oxygen atoms in total. The zero-order valence-corrected chi connectivity index (χ0v) is 27.5. The van der Waals surface area contributed by atoms with Crippen molar-refractivity contribution in [1.82, 2.24) is 9.97 Å². The van der Waals surface area contributed by atoms with Crippen LogP contribution in [0.5, 0.6) is 0 Å². The number of para-hydroxylation sites is 1. The molecule has 0 radical (unpaired) electrons. The minimum absolute atomic E-state index is 0.688. The van der Waals surface area contributed by atoms with Crippen molar-refractivity contribution in [3.63, 3.8) is 0 Å². The Balaban J connectivity index is 1.26. The Kier molecular flexibility index (Phi) is 5.83. The van der Waals surface area contributed by atoms with Crippen LogP contribution in [0.4, 0.5) is 0 Å². The molecule has 0 atom stereocenters. The van der Waals surface area contributed by atoms with E-state index >= 15 is 0 Å². The Morgan fingerprint density at radius 1 is 0.440 bits per heavy atom. The van der Waals surface area contributed by atoms with Gasteiger partial charge in [-0.15, -0.1) is 11.3 Å². The lowest BCUT2D eigenvalue weighted by atomic mass is 9.91. The molecule has 0 saturated heterocycles. The molecule has 0 aliphatic carbocycles. The minimum atomic E-state index is 0.688. The van der Waals surface area contributed by atoms with Crippen molar-refractivity contribution in [1.29, 1.82) is 0 Å². The summed E-state index contributed by atoms with van der Waals surface area (Å²) in [6.45, 7) is 0. The molecule has 0 fully saturated rings. The summed E-state index contributed by atoms with van der Waals surface area (Å²) in [6.07, 6.45) is 0. The summed E-state index contributed by atoms with van der Waals surface area (Å²) < 4.78 is 8.92. The fourth-order valence-electron chi connectivity index (χ4n) is 7.72. The second-order valence-electron chi connectivity index (χ2n) is 12.9. The molecule has 0 aliphatic heterocycles. The maximum absolute atomic E-state index is 6.63. The van der Waals surface area contributed by atoms with Crippen LogP contribution in [0.25, 0.3) is 108 Å². The summed E-state index contributed by atoms with van der Waals surface area (Å²) in [7, 11) is 0. The van der Waals surface area contributed by atoms with E-state index in [9.17, 15) is 0 Å².